The van der Waals surface area contributed by atoms with E-state index in [4.69, 9.17) is 9.47 Å². The second-order valence-corrected chi connectivity index (χ2v) is 10.8. The fourth-order valence-corrected chi connectivity index (χ4v) is 5.58. The third-order valence-corrected chi connectivity index (χ3v) is 7.89. The number of carbonyl (C=O) groups is 1. The van der Waals surface area contributed by atoms with Gasteiger partial charge in [0, 0.05) is 43.7 Å². The highest BCUT2D eigenvalue weighted by molar-refractivity contribution is 5.88. The van der Waals surface area contributed by atoms with Crippen LogP contribution in [0.4, 0.5) is 23.2 Å². The summed E-state index contributed by atoms with van der Waals surface area (Å²) in [4.78, 5) is 20.1. The maximum Gasteiger partial charge on any atom is 0.303 e. The number of hydrogen-bond donors (Lipinski definition) is 1. The molecule has 1 aliphatic heterocycles. The molecular formula is C30H35F4N3O4. The lowest BCUT2D eigenvalue weighted by Crippen LogP contribution is -2.42. The zero-order valence-corrected chi connectivity index (χ0v) is 23.4. The topological polar surface area (TPSA) is 75.1 Å². The number of aliphatic carboxylic acids is 1. The van der Waals surface area contributed by atoms with Gasteiger partial charge in [-0.3, -0.25) is 14.7 Å². The van der Waals surface area contributed by atoms with E-state index >= 15 is 4.39 Å². The van der Waals surface area contributed by atoms with E-state index in [2.05, 4.69) is 4.98 Å². The van der Waals surface area contributed by atoms with Crippen LogP contribution in [0.2, 0.25) is 0 Å². The number of halogens is 4. The van der Waals surface area contributed by atoms with E-state index < -0.39 is 40.8 Å². The van der Waals surface area contributed by atoms with E-state index in [1.807, 2.05) is 23.9 Å². The molecule has 1 atom stereocenters. The number of ether oxygens (including phenoxy) is 2. The molecule has 0 bridgehead atoms. The first-order valence-electron chi connectivity index (χ1n) is 13.5. The summed E-state index contributed by atoms with van der Waals surface area (Å²) in [5.41, 5.74) is 1.20. The van der Waals surface area contributed by atoms with E-state index in [1.165, 1.54) is 0 Å². The molecule has 0 saturated carbocycles. The molecule has 2 aromatic carbocycles. The largest absolute Gasteiger partial charge is 0.497 e. The van der Waals surface area contributed by atoms with Crippen LogP contribution in [0.25, 0.3) is 10.9 Å². The van der Waals surface area contributed by atoms with Crippen LogP contribution in [-0.4, -0.2) is 68.4 Å². The SMILES string of the molecule is COc1ccc2ncc(N(C)C)c([C@@H](F)CCC3(CC(=O)O)CCN(CCOc4cc(F)cc(F)c4F)CC3)c2c1. The van der Waals surface area contributed by atoms with Crippen molar-refractivity contribution in [1.29, 1.82) is 0 Å². The predicted octanol–water partition coefficient (Wildman–Crippen LogP) is 6.15. The van der Waals surface area contributed by atoms with E-state index in [9.17, 15) is 23.1 Å². The molecule has 3 aromatic rings. The van der Waals surface area contributed by atoms with Gasteiger partial charge in [-0.05, 0) is 62.4 Å². The Morgan fingerprint density at radius 1 is 1.17 bits per heavy atom. The summed E-state index contributed by atoms with van der Waals surface area (Å²) < 4.78 is 67.4. The standard InChI is InChI=1S/C30H35F4N3O4/c1-36(2)25-18-35-24-5-4-20(40-3)16-21(24)28(25)22(32)6-7-30(17-27(38)39)8-10-37(11-9-30)12-13-41-26-15-19(31)14-23(33)29(26)34/h4-5,14-16,18,22H,6-13,17H2,1-3H3,(H,38,39)/t22-/m0/s1. The number of carboxylic acids is 1. The van der Waals surface area contributed by atoms with Crippen LogP contribution in [0.15, 0.2) is 36.5 Å². The Kier molecular flexibility index (Phi) is 9.57. The second kappa shape index (κ2) is 12.9. The number of carboxylic acid groups (broad SMARTS) is 1. The lowest BCUT2D eigenvalue weighted by molar-refractivity contribution is -0.141. The van der Waals surface area contributed by atoms with Crippen molar-refractivity contribution in [3.05, 3.63) is 59.5 Å². The molecule has 222 valence electrons. The van der Waals surface area contributed by atoms with Gasteiger partial charge in [-0.1, -0.05) is 0 Å². The highest BCUT2D eigenvalue weighted by Crippen LogP contribution is 2.44. The maximum atomic E-state index is 16.1. The molecule has 1 aliphatic rings. The van der Waals surface area contributed by atoms with Gasteiger partial charge in [0.1, 0.15) is 24.3 Å². The van der Waals surface area contributed by atoms with Gasteiger partial charge in [0.2, 0.25) is 5.82 Å². The maximum absolute atomic E-state index is 16.1. The predicted molar refractivity (Wildman–Crippen MR) is 148 cm³/mol. The number of pyridine rings is 1. The summed E-state index contributed by atoms with van der Waals surface area (Å²) in [6, 6.07) is 6.58. The zero-order valence-electron chi connectivity index (χ0n) is 23.4. The first-order valence-corrected chi connectivity index (χ1v) is 13.5. The number of hydrogen-bond acceptors (Lipinski definition) is 6. The number of fused-ring (bicyclic) bond motifs is 1. The first-order chi connectivity index (χ1) is 19.5. The quantitative estimate of drug-likeness (QED) is 0.204. The number of anilines is 1. The minimum atomic E-state index is -1.36. The van der Waals surface area contributed by atoms with Gasteiger partial charge >= 0.3 is 5.97 Å². The van der Waals surface area contributed by atoms with Crippen LogP contribution < -0.4 is 14.4 Å². The number of benzene rings is 2. The van der Waals surface area contributed by atoms with Crippen molar-refractivity contribution in [2.24, 2.45) is 5.41 Å². The monoisotopic (exact) mass is 577 g/mol. The van der Waals surface area contributed by atoms with Gasteiger partial charge in [-0.25, -0.2) is 13.2 Å². The molecule has 11 heteroatoms. The average Bonchev–Trinajstić information content (AvgIpc) is 2.94. The number of likely N-dealkylation sites (tertiary alicyclic amines) is 1. The van der Waals surface area contributed by atoms with E-state index in [-0.39, 0.29) is 19.4 Å². The third kappa shape index (κ3) is 7.19. The number of aromatic nitrogens is 1. The highest BCUT2D eigenvalue weighted by Gasteiger charge is 2.37. The van der Waals surface area contributed by atoms with Crippen molar-refractivity contribution in [2.75, 3.05) is 52.3 Å². The average molecular weight is 578 g/mol. The minimum absolute atomic E-state index is 0.00416. The van der Waals surface area contributed by atoms with Crippen LogP contribution in [0.3, 0.4) is 0 Å². The minimum Gasteiger partial charge on any atom is -0.497 e. The van der Waals surface area contributed by atoms with Crippen molar-refractivity contribution < 1.29 is 36.9 Å². The second-order valence-electron chi connectivity index (χ2n) is 10.8. The molecule has 4 rings (SSSR count). The normalized spacial score (nSPS) is 16.0. The van der Waals surface area contributed by atoms with Gasteiger partial charge < -0.3 is 19.5 Å². The Morgan fingerprint density at radius 3 is 2.56 bits per heavy atom. The Morgan fingerprint density at radius 2 is 1.90 bits per heavy atom. The van der Waals surface area contributed by atoms with Gasteiger partial charge in [0.15, 0.2) is 11.6 Å². The molecule has 41 heavy (non-hydrogen) atoms. The summed E-state index contributed by atoms with van der Waals surface area (Å²) in [5, 5.41) is 10.3. The summed E-state index contributed by atoms with van der Waals surface area (Å²) in [7, 11) is 5.19. The molecule has 0 amide bonds. The van der Waals surface area contributed by atoms with E-state index in [0.717, 1.165) is 6.07 Å². The fourth-order valence-electron chi connectivity index (χ4n) is 5.58. The number of alkyl halides is 1. The molecule has 0 spiro atoms. The Balaban J connectivity index is 1.43. The first kappa shape index (κ1) is 30.4. The fraction of sp³-hybridized carbons (Fsp3) is 0.467. The third-order valence-electron chi connectivity index (χ3n) is 7.89. The van der Waals surface area contributed by atoms with Crippen LogP contribution in [0, 0.1) is 22.9 Å². The van der Waals surface area contributed by atoms with Gasteiger partial charge in [-0.15, -0.1) is 0 Å². The van der Waals surface area contributed by atoms with Gasteiger partial charge in [-0.2, -0.15) is 4.39 Å². The Hall–Kier alpha value is -3.60. The van der Waals surface area contributed by atoms with Crippen LogP contribution in [-0.2, 0) is 4.79 Å². The summed E-state index contributed by atoms with van der Waals surface area (Å²) in [5.74, 6) is -4.34. The van der Waals surface area contributed by atoms with Crippen LogP contribution in [0.1, 0.15) is 43.8 Å². The lowest BCUT2D eigenvalue weighted by Gasteiger charge is -2.41. The number of rotatable bonds is 12. The Bertz CT molecular complexity index is 1380. The number of piperidine rings is 1. The summed E-state index contributed by atoms with van der Waals surface area (Å²) in [6.07, 6.45) is 1.78. The molecular weight excluding hydrogens is 542 g/mol. The van der Waals surface area contributed by atoms with Gasteiger partial charge in [0.25, 0.3) is 0 Å². The van der Waals surface area contributed by atoms with E-state index in [1.54, 1.807) is 31.5 Å². The van der Waals surface area contributed by atoms with Crippen LogP contribution >= 0.6 is 0 Å². The number of nitrogens with zero attached hydrogens (tertiary/aromatic N) is 3. The van der Waals surface area contributed by atoms with Crippen molar-refractivity contribution in [3.8, 4) is 11.5 Å². The molecule has 0 radical (unpaired) electrons. The van der Waals surface area contributed by atoms with Crippen molar-refractivity contribution in [3.63, 3.8) is 0 Å². The summed E-state index contributed by atoms with van der Waals surface area (Å²) >= 11 is 0. The van der Waals surface area contributed by atoms with Crippen molar-refractivity contribution >= 4 is 22.6 Å². The van der Waals surface area contributed by atoms with Crippen LogP contribution in [0.5, 0.6) is 11.5 Å². The highest BCUT2D eigenvalue weighted by atomic mass is 19.2. The molecule has 1 N–H and O–H groups in total. The van der Waals surface area contributed by atoms with Crippen molar-refractivity contribution in [1.82, 2.24) is 9.88 Å². The van der Waals surface area contributed by atoms with Gasteiger partial charge in [0.05, 0.1) is 30.9 Å². The molecule has 7 nitrogen and oxygen atoms in total. The Labute approximate surface area is 236 Å². The molecule has 1 fully saturated rings. The van der Waals surface area contributed by atoms with E-state index in [0.29, 0.717) is 72.9 Å². The summed E-state index contributed by atoms with van der Waals surface area (Å²) in [6.45, 7) is 1.44. The number of methoxy groups -OCH3 is 1. The zero-order chi connectivity index (χ0) is 29.7. The smallest absolute Gasteiger partial charge is 0.303 e. The van der Waals surface area contributed by atoms with Crippen molar-refractivity contribution in [2.45, 2.75) is 38.3 Å². The lowest BCUT2D eigenvalue weighted by atomic mass is 9.71. The molecule has 1 aromatic heterocycles. The molecule has 0 aliphatic carbocycles. The molecule has 0 unspecified atom stereocenters. The molecule has 2 heterocycles. The molecule has 1 saturated heterocycles.